The van der Waals surface area contributed by atoms with E-state index in [4.69, 9.17) is 16.3 Å². The Balaban J connectivity index is 1.36. The predicted octanol–water partition coefficient (Wildman–Crippen LogP) is 3.03. The Kier molecular flexibility index (Phi) is 8.50. The van der Waals surface area contributed by atoms with Crippen LogP contribution in [0.3, 0.4) is 0 Å². The molecule has 0 aromatic heterocycles. The molecule has 9 heteroatoms. The number of hydrogen-bond acceptors (Lipinski definition) is 5. The molecule has 0 spiro atoms. The highest BCUT2D eigenvalue weighted by molar-refractivity contribution is 6.31. The maximum atomic E-state index is 12.8. The molecular weight excluding hydrogens is 434 g/mol. The van der Waals surface area contributed by atoms with Crippen molar-refractivity contribution < 1.29 is 23.9 Å². The van der Waals surface area contributed by atoms with Crippen LogP contribution in [-0.4, -0.2) is 48.4 Å². The molecule has 3 rings (SSSR count). The first-order valence-electron chi connectivity index (χ1n) is 11.1. The Labute approximate surface area is 193 Å². The monoisotopic (exact) mass is 463 g/mol. The molecule has 4 amide bonds. The molecular formula is C23H30ClN3O5. The maximum Gasteiger partial charge on any atom is 0.324 e. The van der Waals surface area contributed by atoms with E-state index in [9.17, 15) is 19.2 Å². The zero-order valence-corrected chi connectivity index (χ0v) is 19.0. The summed E-state index contributed by atoms with van der Waals surface area (Å²) in [7, 11) is 1.35. The van der Waals surface area contributed by atoms with Crippen LogP contribution in [0.2, 0.25) is 5.02 Å². The van der Waals surface area contributed by atoms with Crippen LogP contribution in [0.4, 0.5) is 4.79 Å². The third-order valence-corrected chi connectivity index (χ3v) is 6.61. The molecule has 0 bridgehead atoms. The number of halogens is 1. The van der Waals surface area contributed by atoms with Gasteiger partial charge in [-0.25, -0.2) is 4.79 Å². The minimum absolute atomic E-state index is 0.0538. The molecule has 32 heavy (non-hydrogen) atoms. The number of carbonyl (C=O) groups excluding carboxylic acids is 4. The topological polar surface area (TPSA) is 105 Å². The molecule has 174 valence electrons. The van der Waals surface area contributed by atoms with E-state index in [1.807, 2.05) is 18.2 Å². The largest absolute Gasteiger partial charge is 0.469 e. The molecule has 1 heterocycles. The van der Waals surface area contributed by atoms with Crippen molar-refractivity contribution in [3.63, 3.8) is 0 Å². The van der Waals surface area contributed by atoms with E-state index in [1.54, 1.807) is 6.07 Å². The molecule has 0 radical (unpaired) electrons. The standard InChI is InChI=1S/C23H30ClN3O5/c1-32-22(30)15-10-11-17-19(13-15)26-23(31)27(21(17)29)12-6-2-3-9-20(28)25-14-16-7-4-5-8-18(16)24/h4-5,7-8,15,17,19H,2-3,6,9-14H2,1H3,(H,25,28)(H,26,31). The Hall–Kier alpha value is -2.61. The van der Waals surface area contributed by atoms with Gasteiger partial charge in [0.15, 0.2) is 0 Å². The number of rotatable bonds is 9. The van der Waals surface area contributed by atoms with Gasteiger partial charge in [0.2, 0.25) is 11.8 Å². The van der Waals surface area contributed by atoms with Gasteiger partial charge < -0.3 is 15.4 Å². The van der Waals surface area contributed by atoms with Crippen molar-refractivity contribution >= 4 is 35.4 Å². The van der Waals surface area contributed by atoms with Crippen molar-refractivity contribution in [3.8, 4) is 0 Å². The molecule has 2 aliphatic rings. The quantitative estimate of drug-likeness (QED) is 0.432. The van der Waals surface area contributed by atoms with Crippen LogP contribution >= 0.6 is 11.6 Å². The summed E-state index contributed by atoms with van der Waals surface area (Å²) in [5.41, 5.74) is 0.871. The number of methoxy groups -OCH3 is 1. The highest BCUT2D eigenvalue weighted by Gasteiger charge is 2.45. The Morgan fingerprint density at radius 2 is 1.97 bits per heavy atom. The van der Waals surface area contributed by atoms with E-state index >= 15 is 0 Å². The van der Waals surface area contributed by atoms with Crippen LogP contribution in [0.1, 0.15) is 50.5 Å². The molecule has 3 atom stereocenters. The number of ether oxygens (including phenoxy) is 1. The lowest BCUT2D eigenvalue weighted by atomic mass is 9.76. The van der Waals surface area contributed by atoms with Gasteiger partial charge in [0.1, 0.15) is 0 Å². The van der Waals surface area contributed by atoms with Gasteiger partial charge >= 0.3 is 12.0 Å². The van der Waals surface area contributed by atoms with E-state index in [-0.39, 0.29) is 35.7 Å². The highest BCUT2D eigenvalue weighted by Crippen LogP contribution is 2.33. The zero-order chi connectivity index (χ0) is 23.1. The van der Waals surface area contributed by atoms with Gasteiger partial charge in [0.05, 0.1) is 18.9 Å². The number of amides is 4. The van der Waals surface area contributed by atoms with Crippen LogP contribution in [0, 0.1) is 11.8 Å². The van der Waals surface area contributed by atoms with Gasteiger partial charge in [-0.05, 0) is 43.7 Å². The second-order valence-electron chi connectivity index (χ2n) is 8.36. The van der Waals surface area contributed by atoms with Crippen molar-refractivity contribution in [2.24, 2.45) is 11.8 Å². The average Bonchev–Trinajstić information content (AvgIpc) is 2.79. The summed E-state index contributed by atoms with van der Waals surface area (Å²) in [5, 5.41) is 6.37. The number of esters is 1. The van der Waals surface area contributed by atoms with Gasteiger partial charge in [-0.15, -0.1) is 0 Å². The van der Waals surface area contributed by atoms with Crippen molar-refractivity contribution in [1.82, 2.24) is 15.5 Å². The number of carbonyl (C=O) groups is 4. The van der Waals surface area contributed by atoms with Crippen molar-refractivity contribution in [2.75, 3.05) is 13.7 Å². The maximum absolute atomic E-state index is 12.8. The normalized spacial score (nSPS) is 22.7. The molecule has 2 N–H and O–H groups in total. The minimum atomic E-state index is -0.403. The predicted molar refractivity (Wildman–Crippen MR) is 119 cm³/mol. The van der Waals surface area contributed by atoms with Crippen LogP contribution < -0.4 is 10.6 Å². The second kappa shape index (κ2) is 11.3. The highest BCUT2D eigenvalue weighted by atomic mass is 35.5. The Morgan fingerprint density at radius 1 is 1.19 bits per heavy atom. The lowest BCUT2D eigenvalue weighted by molar-refractivity contribution is -0.149. The van der Waals surface area contributed by atoms with Gasteiger partial charge in [-0.2, -0.15) is 0 Å². The minimum Gasteiger partial charge on any atom is -0.469 e. The van der Waals surface area contributed by atoms with Crippen LogP contribution in [0.5, 0.6) is 0 Å². The van der Waals surface area contributed by atoms with E-state index in [0.29, 0.717) is 56.6 Å². The lowest BCUT2D eigenvalue weighted by Gasteiger charge is -2.41. The number of hydrogen-bond donors (Lipinski definition) is 2. The van der Waals surface area contributed by atoms with Crippen LogP contribution in [-0.2, 0) is 25.7 Å². The molecule has 1 aromatic rings. The summed E-state index contributed by atoms with van der Waals surface area (Å²) in [5.74, 6) is -1.07. The first-order chi connectivity index (χ1) is 15.4. The van der Waals surface area contributed by atoms with Gasteiger partial charge in [-0.1, -0.05) is 36.2 Å². The number of benzene rings is 1. The Morgan fingerprint density at radius 3 is 2.72 bits per heavy atom. The summed E-state index contributed by atoms with van der Waals surface area (Å²) in [6, 6.07) is 6.65. The van der Waals surface area contributed by atoms with Crippen molar-refractivity contribution in [3.05, 3.63) is 34.9 Å². The number of imide groups is 1. The van der Waals surface area contributed by atoms with Gasteiger partial charge in [-0.3, -0.25) is 19.3 Å². The van der Waals surface area contributed by atoms with Crippen molar-refractivity contribution in [1.29, 1.82) is 0 Å². The molecule has 1 saturated heterocycles. The van der Waals surface area contributed by atoms with E-state index in [0.717, 1.165) is 12.0 Å². The van der Waals surface area contributed by atoms with Crippen molar-refractivity contribution in [2.45, 2.75) is 57.5 Å². The molecule has 1 saturated carbocycles. The fourth-order valence-corrected chi connectivity index (χ4v) is 4.61. The summed E-state index contributed by atoms with van der Waals surface area (Å²) in [6.45, 7) is 0.718. The van der Waals surface area contributed by atoms with E-state index in [2.05, 4.69) is 10.6 Å². The van der Waals surface area contributed by atoms with Crippen LogP contribution in [0.25, 0.3) is 0 Å². The molecule has 3 unspecified atom stereocenters. The number of nitrogens with one attached hydrogen (secondary N) is 2. The second-order valence-corrected chi connectivity index (χ2v) is 8.77. The summed E-state index contributed by atoms with van der Waals surface area (Å²) >= 11 is 6.08. The van der Waals surface area contributed by atoms with Gasteiger partial charge in [0.25, 0.3) is 0 Å². The van der Waals surface area contributed by atoms with Crippen LogP contribution in [0.15, 0.2) is 24.3 Å². The molecule has 1 aliphatic carbocycles. The first-order valence-corrected chi connectivity index (χ1v) is 11.5. The number of urea groups is 1. The third kappa shape index (κ3) is 6.00. The summed E-state index contributed by atoms with van der Waals surface area (Å²) in [6.07, 6.45) is 4.01. The average molecular weight is 464 g/mol. The number of fused-ring (bicyclic) bond motifs is 1. The van der Waals surface area contributed by atoms with Gasteiger partial charge in [0, 0.05) is 30.6 Å². The molecule has 8 nitrogen and oxygen atoms in total. The third-order valence-electron chi connectivity index (χ3n) is 6.24. The smallest absolute Gasteiger partial charge is 0.324 e. The summed E-state index contributed by atoms with van der Waals surface area (Å²) in [4.78, 5) is 50.3. The van der Waals surface area contributed by atoms with E-state index < -0.39 is 6.03 Å². The summed E-state index contributed by atoms with van der Waals surface area (Å²) < 4.78 is 4.80. The molecule has 2 fully saturated rings. The van der Waals surface area contributed by atoms with E-state index in [1.165, 1.54) is 12.0 Å². The number of nitrogens with zero attached hydrogens (tertiary/aromatic N) is 1. The molecule has 1 aliphatic heterocycles. The SMILES string of the molecule is COC(=O)C1CCC2C(=O)N(CCCCCC(=O)NCc3ccccc3Cl)C(=O)NC2C1. The first kappa shape index (κ1) is 24.0. The fraction of sp³-hybridized carbons (Fsp3) is 0.565. The molecule has 1 aromatic carbocycles. The lowest BCUT2D eigenvalue weighted by Crippen LogP contribution is -2.61. The Bertz CT molecular complexity index is 862. The fourth-order valence-electron chi connectivity index (χ4n) is 4.41. The zero-order valence-electron chi connectivity index (χ0n) is 18.3. The number of unbranched alkanes of at least 4 members (excludes halogenated alkanes) is 2.